The second-order valence-corrected chi connectivity index (χ2v) is 5.73. The van der Waals surface area contributed by atoms with E-state index in [-0.39, 0.29) is 0 Å². The van der Waals surface area contributed by atoms with Crippen LogP contribution in [0.2, 0.25) is 0 Å². The Hall–Kier alpha value is -1.39. The van der Waals surface area contributed by atoms with Gasteiger partial charge in [-0.05, 0) is 43.7 Å². The summed E-state index contributed by atoms with van der Waals surface area (Å²) in [6.07, 6.45) is 0. The van der Waals surface area contributed by atoms with Crippen molar-refractivity contribution >= 4 is 33.1 Å². The molecule has 19 heavy (non-hydrogen) atoms. The van der Waals surface area contributed by atoms with Crippen molar-refractivity contribution in [3.8, 4) is 11.5 Å². The maximum Gasteiger partial charge on any atom is 0.138 e. The van der Waals surface area contributed by atoms with Crippen molar-refractivity contribution in [1.82, 2.24) is 0 Å². The van der Waals surface area contributed by atoms with Gasteiger partial charge in [-0.2, -0.15) is 0 Å². The summed E-state index contributed by atoms with van der Waals surface area (Å²) in [5, 5.41) is 0. The molecule has 0 fully saturated rings. The molecule has 0 aromatic heterocycles. The molecule has 0 unspecified atom stereocenters. The normalized spacial score (nSPS) is 10.3. The summed E-state index contributed by atoms with van der Waals surface area (Å²) in [5.41, 5.74) is 8.73. The van der Waals surface area contributed by atoms with Gasteiger partial charge in [0.25, 0.3) is 0 Å². The molecule has 0 bridgehead atoms. The third-order valence-corrected chi connectivity index (χ3v) is 3.47. The Bertz CT molecular complexity index is 640. The summed E-state index contributed by atoms with van der Waals surface area (Å²) in [5.74, 6) is 1.47. The van der Waals surface area contributed by atoms with Crippen molar-refractivity contribution in [1.29, 1.82) is 0 Å². The SMILES string of the molecule is Cc1ccc(Oc2cc(Br)ccc2C(N)=S)c(C)c1. The molecule has 0 saturated heterocycles. The fraction of sp³-hybridized carbons (Fsp3) is 0.133. The van der Waals surface area contributed by atoms with Gasteiger partial charge < -0.3 is 10.5 Å². The first-order valence-corrected chi connectivity index (χ1v) is 7.02. The highest BCUT2D eigenvalue weighted by Crippen LogP contribution is 2.30. The molecule has 0 amide bonds. The molecule has 0 saturated carbocycles. The summed E-state index contributed by atoms with van der Waals surface area (Å²) in [7, 11) is 0. The predicted octanol–water partition coefficient (Wildman–Crippen LogP) is 4.49. The van der Waals surface area contributed by atoms with Crippen molar-refractivity contribution < 1.29 is 4.74 Å². The minimum Gasteiger partial charge on any atom is -0.456 e. The highest BCUT2D eigenvalue weighted by Gasteiger charge is 2.09. The van der Waals surface area contributed by atoms with Gasteiger partial charge in [0.1, 0.15) is 16.5 Å². The van der Waals surface area contributed by atoms with E-state index in [0.717, 1.165) is 21.3 Å². The zero-order valence-electron chi connectivity index (χ0n) is 10.7. The molecule has 0 spiro atoms. The lowest BCUT2D eigenvalue weighted by Gasteiger charge is -2.13. The lowest BCUT2D eigenvalue weighted by atomic mass is 10.1. The molecule has 2 rings (SSSR count). The highest BCUT2D eigenvalue weighted by atomic mass is 79.9. The number of thiocarbonyl (C=S) groups is 1. The van der Waals surface area contributed by atoms with Crippen LogP contribution in [0.3, 0.4) is 0 Å². The van der Waals surface area contributed by atoms with Crippen LogP contribution >= 0.6 is 28.1 Å². The Labute approximate surface area is 126 Å². The molecule has 0 atom stereocenters. The Balaban J connectivity index is 2.42. The largest absolute Gasteiger partial charge is 0.456 e. The van der Waals surface area contributed by atoms with Crippen LogP contribution in [0, 0.1) is 13.8 Å². The molecule has 2 N–H and O–H groups in total. The first kappa shape index (κ1) is 14.0. The maximum absolute atomic E-state index is 5.94. The molecule has 2 aromatic rings. The van der Waals surface area contributed by atoms with E-state index in [4.69, 9.17) is 22.7 Å². The zero-order valence-corrected chi connectivity index (χ0v) is 13.1. The highest BCUT2D eigenvalue weighted by molar-refractivity contribution is 9.10. The van der Waals surface area contributed by atoms with E-state index >= 15 is 0 Å². The first-order chi connectivity index (χ1) is 8.97. The summed E-state index contributed by atoms with van der Waals surface area (Å²) >= 11 is 8.47. The minimum absolute atomic E-state index is 0.326. The Morgan fingerprint density at radius 3 is 2.47 bits per heavy atom. The second kappa shape index (κ2) is 5.72. The second-order valence-electron chi connectivity index (χ2n) is 4.38. The van der Waals surface area contributed by atoms with Crippen LogP contribution in [0.25, 0.3) is 0 Å². The van der Waals surface area contributed by atoms with E-state index < -0.39 is 0 Å². The van der Waals surface area contributed by atoms with Crippen molar-refractivity contribution in [2.45, 2.75) is 13.8 Å². The van der Waals surface area contributed by atoms with Gasteiger partial charge in [0.05, 0.1) is 5.56 Å². The third kappa shape index (κ3) is 3.33. The molecule has 0 radical (unpaired) electrons. The first-order valence-electron chi connectivity index (χ1n) is 5.82. The van der Waals surface area contributed by atoms with Crippen LogP contribution in [0.15, 0.2) is 40.9 Å². The standard InChI is InChI=1S/C15H14BrNOS/c1-9-3-6-13(10(2)7-9)18-14-8-11(16)4-5-12(14)15(17)19/h3-8H,1-2H3,(H2,17,19). The van der Waals surface area contributed by atoms with Crippen molar-refractivity contribution in [2.75, 3.05) is 0 Å². The number of hydrogen-bond acceptors (Lipinski definition) is 2. The van der Waals surface area contributed by atoms with Gasteiger partial charge in [-0.3, -0.25) is 0 Å². The number of hydrogen-bond donors (Lipinski definition) is 1. The van der Waals surface area contributed by atoms with E-state index in [1.807, 2.05) is 37.3 Å². The molecule has 0 aliphatic rings. The molecular weight excluding hydrogens is 322 g/mol. The van der Waals surface area contributed by atoms with Gasteiger partial charge in [0.15, 0.2) is 0 Å². The van der Waals surface area contributed by atoms with E-state index in [2.05, 4.69) is 28.9 Å². The van der Waals surface area contributed by atoms with E-state index in [1.54, 1.807) is 0 Å². The number of halogens is 1. The summed E-state index contributed by atoms with van der Waals surface area (Å²) in [6, 6.07) is 11.7. The van der Waals surface area contributed by atoms with E-state index in [9.17, 15) is 0 Å². The molecule has 2 aromatic carbocycles. The number of rotatable bonds is 3. The van der Waals surface area contributed by atoms with E-state index in [1.165, 1.54) is 5.56 Å². The van der Waals surface area contributed by atoms with Crippen molar-refractivity contribution in [3.63, 3.8) is 0 Å². The number of nitrogens with two attached hydrogens (primary N) is 1. The molecule has 4 heteroatoms. The number of aryl methyl sites for hydroxylation is 2. The average molecular weight is 336 g/mol. The summed E-state index contributed by atoms with van der Waals surface area (Å²) in [4.78, 5) is 0.326. The van der Waals surface area contributed by atoms with Gasteiger partial charge >= 0.3 is 0 Å². The summed E-state index contributed by atoms with van der Waals surface area (Å²) in [6.45, 7) is 4.07. The lowest BCUT2D eigenvalue weighted by molar-refractivity contribution is 0.477. The van der Waals surface area contributed by atoms with Gasteiger partial charge in [-0.25, -0.2) is 0 Å². The molecule has 0 aliphatic carbocycles. The molecule has 0 aliphatic heterocycles. The van der Waals surface area contributed by atoms with Crippen LogP contribution in [0.4, 0.5) is 0 Å². The molecule has 2 nitrogen and oxygen atoms in total. The van der Waals surface area contributed by atoms with Gasteiger partial charge in [-0.15, -0.1) is 0 Å². The quantitative estimate of drug-likeness (QED) is 0.839. The molecule has 0 heterocycles. The Morgan fingerprint density at radius 2 is 1.84 bits per heavy atom. The van der Waals surface area contributed by atoms with Crippen LogP contribution in [-0.4, -0.2) is 4.99 Å². The third-order valence-electron chi connectivity index (χ3n) is 2.76. The predicted molar refractivity (Wildman–Crippen MR) is 86.0 cm³/mol. The Morgan fingerprint density at radius 1 is 1.11 bits per heavy atom. The number of benzene rings is 2. The lowest BCUT2D eigenvalue weighted by Crippen LogP contribution is -2.10. The molecule has 98 valence electrons. The van der Waals surface area contributed by atoms with Crippen LogP contribution < -0.4 is 10.5 Å². The monoisotopic (exact) mass is 335 g/mol. The van der Waals surface area contributed by atoms with Gasteiger partial charge in [0, 0.05) is 4.47 Å². The van der Waals surface area contributed by atoms with Crippen LogP contribution in [-0.2, 0) is 0 Å². The van der Waals surface area contributed by atoms with E-state index in [0.29, 0.717) is 10.7 Å². The van der Waals surface area contributed by atoms with Gasteiger partial charge in [0.2, 0.25) is 0 Å². The zero-order chi connectivity index (χ0) is 14.0. The van der Waals surface area contributed by atoms with Crippen LogP contribution in [0.1, 0.15) is 16.7 Å². The summed E-state index contributed by atoms with van der Waals surface area (Å²) < 4.78 is 6.86. The average Bonchev–Trinajstić information content (AvgIpc) is 2.32. The fourth-order valence-corrected chi connectivity index (χ4v) is 2.33. The number of ether oxygens (including phenoxy) is 1. The Kier molecular flexibility index (Phi) is 4.22. The smallest absolute Gasteiger partial charge is 0.138 e. The van der Waals surface area contributed by atoms with Crippen LogP contribution in [0.5, 0.6) is 11.5 Å². The maximum atomic E-state index is 5.94. The fourth-order valence-electron chi connectivity index (χ4n) is 1.82. The van der Waals surface area contributed by atoms with Crippen molar-refractivity contribution in [2.24, 2.45) is 5.73 Å². The molecular formula is C15H14BrNOS. The van der Waals surface area contributed by atoms with Gasteiger partial charge in [-0.1, -0.05) is 45.8 Å². The topological polar surface area (TPSA) is 35.2 Å². The minimum atomic E-state index is 0.326. The van der Waals surface area contributed by atoms with Crippen molar-refractivity contribution in [3.05, 3.63) is 57.6 Å².